The Morgan fingerprint density at radius 2 is 1.72 bits per heavy atom. The van der Waals surface area contributed by atoms with E-state index in [0.717, 1.165) is 5.70 Å². The van der Waals surface area contributed by atoms with E-state index in [-0.39, 0.29) is 16.6 Å². The second-order valence-electron chi connectivity index (χ2n) is 8.52. The van der Waals surface area contributed by atoms with Gasteiger partial charge in [0.05, 0.1) is 5.76 Å². The molecule has 0 fully saturated rings. The van der Waals surface area contributed by atoms with Crippen LogP contribution in [0.15, 0.2) is 58.7 Å². The van der Waals surface area contributed by atoms with Gasteiger partial charge in [-0.3, -0.25) is 0 Å². The van der Waals surface area contributed by atoms with Crippen molar-refractivity contribution >= 4 is 0 Å². The van der Waals surface area contributed by atoms with Crippen LogP contribution in [0.3, 0.4) is 0 Å². The third kappa shape index (κ3) is 4.81. The van der Waals surface area contributed by atoms with Crippen molar-refractivity contribution in [1.29, 1.82) is 0 Å². The zero-order chi connectivity index (χ0) is 19.6. The van der Waals surface area contributed by atoms with Gasteiger partial charge in [0, 0.05) is 36.8 Å². The quantitative estimate of drug-likeness (QED) is 0.567. The van der Waals surface area contributed by atoms with Crippen LogP contribution in [-0.4, -0.2) is 18.7 Å². The van der Waals surface area contributed by atoms with E-state index in [1.54, 1.807) is 0 Å². The predicted molar refractivity (Wildman–Crippen MR) is 109 cm³/mol. The molecule has 1 rings (SSSR count). The molecule has 0 aromatic rings. The van der Waals surface area contributed by atoms with Crippen LogP contribution < -0.4 is 10.6 Å². The lowest BCUT2D eigenvalue weighted by Crippen LogP contribution is -2.33. The molecule has 1 aliphatic rings. The third-order valence-corrected chi connectivity index (χ3v) is 4.71. The molecule has 0 aliphatic heterocycles. The lowest BCUT2D eigenvalue weighted by atomic mass is 9.66. The summed E-state index contributed by atoms with van der Waals surface area (Å²) in [7, 11) is 1.97. The van der Waals surface area contributed by atoms with Crippen LogP contribution in [0.4, 0.5) is 0 Å². The number of allylic oxidation sites excluding steroid dienone is 5. The van der Waals surface area contributed by atoms with E-state index in [4.69, 9.17) is 0 Å². The summed E-state index contributed by atoms with van der Waals surface area (Å²) in [5.74, 6) is 0.189. The molecule has 0 aromatic heterocycles. The van der Waals surface area contributed by atoms with Crippen molar-refractivity contribution in [2.45, 2.75) is 54.9 Å². The first-order valence-corrected chi connectivity index (χ1v) is 8.97. The molecule has 0 aromatic carbocycles. The van der Waals surface area contributed by atoms with Gasteiger partial charge in [-0.15, -0.1) is 0 Å². The lowest BCUT2D eigenvalue weighted by molar-refractivity contribution is 0.389. The SMILES string of the molecule is C=C(O)CCNC(=C)C1=C(C)C(NC)=C(C)/C(=C\C(C)(C)C)C1(C)C. The maximum absolute atomic E-state index is 9.31. The molecule has 0 heterocycles. The van der Waals surface area contributed by atoms with Gasteiger partial charge in [-0.05, 0) is 41.6 Å². The Balaban J connectivity index is 3.43. The molecule has 3 nitrogen and oxygen atoms in total. The van der Waals surface area contributed by atoms with Gasteiger partial charge in [-0.1, -0.05) is 53.9 Å². The number of hydrogen-bond donors (Lipinski definition) is 3. The van der Waals surface area contributed by atoms with Crippen molar-refractivity contribution < 1.29 is 5.11 Å². The molecule has 0 spiro atoms. The minimum atomic E-state index is -0.151. The molecule has 0 saturated heterocycles. The molecule has 3 N–H and O–H groups in total. The standard InChI is InChI=1S/C22H36N2O/c1-14(25)11-12-24-17(4)19-16(3)20(23-10)15(2)18(22(19,8)9)13-21(5,6)7/h13,23-25H,1,4,11-12H2,2-3,5-10H3/b18-13+. The summed E-state index contributed by atoms with van der Waals surface area (Å²) in [5, 5.41) is 16.0. The highest BCUT2D eigenvalue weighted by molar-refractivity contribution is 5.60. The van der Waals surface area contributed by atoms with Gasteiger partial charge in [-0.2, -0.15) is 0 Å². The van der Waals surface area contributed by atoms with E-state index >= 15 is 0 Å². The van der Waals surface area contributed by atoms with Crippen molar-refractivity contribution in [3.05, 3.63) is 58.7 Å². The van der Waals surface area contributed by atoms with E-state index < -0.39 is 0 Å². The number of nitrogens with one attached hydrogen (secondary N) is 2. The number of aliphatic hydroxyl groups excluding tert-OH is 1. The van der Waals surface area contributed by atoms with Gasteiger partial charge >= 0.3 is 0 Å². The second kappa shape index (κ2) is 7.55. The highest BCUT2D eigenvalue weighted by Gasteiger charge is 2.37. The molecule has 0 amide bonds. The van der Waals surface area contributed by atoms with E-state index in [2.05, 4.69) is 78.3 Å². The fourth-order valence-electron chi connectivity index (χ4n) is 3.76. The molecular formula is C22H36N2O. The molecule has 0 unspecified atom stereocenters. The van der Waals surface area contributed by atoms with Gasteiger partial charge in [0.1, 0.15) is 0 Å². The maximum atomic E-state index is 9.31. The van der Waals surface area contributed by atoms with Crippen LogP contribution in [-0.2, 0) is 0 Å². The Bertz CT molecular complexity index is 652. The Labute approximate surface area is 154 Å². The van der Waals surface area contributed by atoms with Crippen LogP contribution in [0.2, 0.25) is 0 Å². The topological polar surface area (TPSA) is 44.3 Å². The Kier molecular flexibility index (Phi) is 6.39. The molecular weight excluding hydrogens is 308 g/mol. The first-order valence-electron chi connectivity index (χ1n) is 8.97. The van der Waals surface area contributed by atoms with Crippen LogP contribution in [0, 0.1) is 10.8 Å². The Morgan fingerprint density at radius 3 is 2.16 bits per heavy atom. The van der Waals surface area contributed by atoms with E-state index in [9.17, 15) is 5.11 Å². The van der Waals surface area contributed by atoms with Crippen LogP contribution in [0.5, 0.6) is 0 Å². The monoisotopic (exact) mass is 344 g/mol. The molecule has 3 heteroatoms. The summed E-state index contributed by atoms with van der Waals surface area (Å²) in [6, 6.07) is 0. The van der Waals surface area contributed by atoms with Gasteiger partial charge in [0.15, 0.2) is 0 Å². The zero-order valence-electron chi connectivity index (χ0n) is 17.4. The smallest absolute Gasteiger partial charge is 0.0868 e. The predicted octanol–water partition coefficient (Wildman–Crippen LogP) is 5.37. The summed E-state index contributed by atoms with van der Waals surface area (Å²) in [6.07, 6.45) is 2.89. The zero-order valence-corrected chi connectivity index (χ0v) is 17.4. The molecule has 1 aliphatic carbocycles. The number of rotatable bonds is 6. The molecule has 0 bridgehead atoms. The third-order valence-electron chi connectivity index (χ3n) is 4.71. The van der Waals surface area contributed by atoms with Crippen molar-refractivity contribution in [1.82, 2.24) is 10.6 Å². The van der Waals surface area contributed by atoms with Crippen molar-refractivity contribution in [3.8, 4) is 0 Å². The van der Waals surface area contributed by atoms with Gasteiger partial charge in [-0.25, -0.2) is 0 Å². The average Bonchev–Trinajstić information content (AvgIpc) is 2.42. The molecule has 0 atom stereocenters. The normalized spacial score (nSPS) is 19.3. The molecule has 140 valence electrons. The van der Waals surface area contributed by atoms with E-state index in [1.807, 2.05) is 7.05 Å². The number of likely N-dealkylation sites (N-methyl/N-ethyl adjacent to an activating group) is 1. The molecule has 0 saturated carbocycles. The summed E-state index contributed by atoms with van der Waals surface area (Å²) in [6.45, 7) is 24.0. The fraction of sp³-hybridized carbons (Fsp3) is 0.545. The summed E-state index contributed by atoms with van der Waals surface area (Å²) < 4.78 is 0. The van der Waals surface area contributed by atoms with E-state index in [0.29, 0.717) is 13.0 Å². The lowest BCUT2D eigenvalue weighted by Gasteiger charge is -2.41. The highest BCUT2D eigenvalue weighted by Crippen LogP contribution is 2.49. The highest BCUT2D eigenvalue weighted by atomic mass is 16.3. The van der Waals surface area contributed by atoms with Gasteiger partial charge < -0.3 is 15.7 Å². The number of hydrogen-bond acceptors (Lipinski definition) is 3. The Morgan fingerprint density at radius 1 is 1.16 bits per heavy atom. The largest absolute Gasteiger partial charge is 0.513 e. The fourth-order valence-corrected chi connectivity index (χ4v) is 3.76. The minimum Gasteiger partial charge on any atom is -0.513 e. The van der Waals surface area contributed by atoms with Crippen LogP contribution in [0.25, 0.3) is 0 Å². The first kappa shape index (κ1) is 21.1. The Hall–Kier alpha value is -1.90. The first-order chi connectivity index (χ1) is 11.3. The van der Waals surface area contributed by atoms with Gasteiger partial charge in [0.2, 0.25) is 0 Å². The van der Waals surface area contributed by atoms with Crippen molar-refractivity contribution in [2.24, 2.45) is 10.8 Å². The average molecular weight is 345 g/mol. The maximum Gasteiger partial charge on any atom is 0.0868 e. The summed E-state index contributed by atoms with van der Waals surface area (Å²) in [5.41, 5.74) is 7.06. The summed E-state index contributed by atoms with van der Waals surface area (Å²) in [4.78, 5) is 0. The number of aliphatic hydroxyl groups is 1. The summed E-state index contributed by atoms with van der Waals surface area (Å²) >= 11 is 0. The van der Waals surface area contributed by atoms with Crippen molar-refractivity contribution in [2.75, 3.05) is 13.6 Å². The molecule has 25 heavy (non-hydrogen) atoms. The van der Waals surface area contributed by atoms with Crippen LogP contribution in [0.1, 0.15) is 54.9 Å². The molecule has 0 radical (unpaired) electrons. The van der Waals surface area contributed by atoms with Crippen molar-refractivity contribution in [3.63, 3.8) is 0 Å². The second-order valence-corrected chi connectivity index (χ2v) is 8.52. The van der Waals surface area contributed by atoms with Gasteiger partial charge in [0.25, 0.3) is 0 Å². The van der Waals surface area contributed by atoms with Crippen LogP contribution >= 0.6 is 0 Å². The van der Waals surface area contributed by atoms with E-state index in [1.165, 1.54) is 28.0 Å². The minimum absolute atomic E-state index is 0.0897.